The van der Waals surface area contributed by atoms with Gasteiger partial charge in [-0.2, -0.15) is 13.4 Å². The number of isocyanates is 1. The Morgan fingerprint density at radius 2 is 2.00 bits per heavy atom. The molecule has 0 amide bonds. The van der Waals surface area contributed by atoms with Gasteiger partial charge in [-0.05, 0) is 6.07 Å². The molecule has 0 saturated heterocycles. The molecule has 0 aromatic heterocycles. The second kappa shape index (κ2) is 4.29. The molecule has 0 saturated carbocycles. The maximum absolute atomic E-state index is 10.8. The third kappa shape index (κ3) is 2.64. The highest BCUT2D eigenvalue weighted by molar-refractivity contribution is 7.85. The lowest BCUT2D eigenvalue weighted by Crippen LogP contribution is -1.99. The van der Waals surface area contributed by atoms with Gasteiger partial charge in [0.2, 0.25) is 11.8 Å². The van der Waals surface area contributed by atoms with Crippen LogP contribution in [-0.4, -0.2) is 29.1 Å². The molecule has 0 bridgehead atoms. The Bertz CT molecular complexity index is 607. The van der Waals surface area contributed by atoms with Crippen molar-refractivity contribution in [2.45, 2.75) is 4.90 Å². The number of benzene rings is 1. The molecule has 0 aliphatic rings. The lowest BCUT2D eigenvalue weighted by Gasteiger charge is -2.02. The summed E-state index contributed by atoms with van der Waals surface area (Å²) in [7, 11) is -4.72. The first-order valence-electron chi connectivity index (χ1n) is 3.84. The van der Waals surface area contributed by atoms with Gasteiger partial charge in [-0.15, -0.1) is 0 Å². The van der Waals surface area contributed by atoms with Crippen molar-refractivity contribution in [3.63, 3.8) is 0 Å². The van der Waals surface area contributed by atoms with Crippen LogP contribution < -0.4 is 0 Å². The van der Waals surface area contributed by atoms with Crippen LogP contribution in [0.1, 0.15) is 0 Å². The minimum Gasteiger partial charge on any atom is -0.501 e. The number of phenolic OH excluding ortho intramolecular Hbond substituents is 1. The standard InChI is InChI=1S/C7H4N2O7S/c10-3-8-5-1-4(17(14,15)16)2-6(7(5)11)9(12)13/h1-2,11H,(H,14,15,16). The van der Waals surface area contributed by atoms with E-state index in [1.807, 2.05) is 0 Å². The Hall–Kier alpha value is -2.29. The molecule has 0 fully saturated rings. The minimum absolute atomic E-state index is 0.439. The Balaban J connectivity index is 3.70. The zero-order valence-corrected chi connectivity index (χ0v) is 8.71. The third-order valence-corrected chi connectivity index (χ3v) is 2.54. The normalized spacial score (nSPS) is 10.6. The number of aromatic hydroxyl groups is 1. The molecule has 0 aliphatic carbocycles. The fourth-order valence-electron chi connectivity index (χ4n) is 1.00. The lowest BCUT2D eigenvalue weighted by atomic mass is 10.2. The fraction of sp³-hybridized carbons (Fsp3) is 0. The molecule has 0 unspecified atom stereocenters. The average Bonchev–Trinajstić information content (AvgIpc) is 2.19. The molecular formula is C7H4N2O7S. The molecule has 1 aromatic carbocycles. The van der Waals surface area contributed by atoms with Crippen LogP contribution in [0.5, 0.6) is 5.75 Å². The average molecular weight is 260 g/mol. The Morgan fingerprint density at radius 1 is 1.41 bits per heavy atom. The van der Waals surface area contributed by atoms with Gasteiger partial charge in [0.25, 0.3) is 10.1 Å². The summed E-state index contributed by atoms with van der Waals surface area (Å²) in [5.41, 5.74) is -1.68. The van der Waals surface area contributed by atoms with Gasteiger partial charge in [-0.1, -0.05) is 0 Å². The molecule has 0 spiro atoms. The highest BCUT2D eigenvalue weighted by Gasteiger charge is 2.23. The zero-order valence-electron chi connectivity index (χ0n) is 7.89. The summed E-state index contributed by atoms with van der Waals surface area (Å²) in [6.07, 6.45) is 0.986. The number of phenols is 1. The van der Waals surface area contributed by atoms with E-state index in [1.165, 1.54) is 0 Å². The van der Waals surface area contributed by atoms with Crippen LogP contribution in [0.2, 0.25) is 0 Å². The van der Waals surface area contributed by atoms with Crippen LogP contribution in [0.3, 0.4) is 0 Å². The molecule has 2 N–H and O–H groups in total. The van der Waals surface area contributed by atoms with Crippen LogP contribution in [0.25, 0.3) is 0 Å². The van der Waals surface area contributed by atoms with Crippen LogP contribution in [0, 0.1) is 10.1 Å². The molecule has 0 radical (unpaired) electrons. The minimum atomic E-state index is -4.72. The van der Waals surface area contributed by atoms with E-state index in [2.05, 4.69) is 4.99 Å². The van der Waals surface area contributed by atoms with Crippen molar-refractivity contribution < 1.29 is 27.8 Å². The van der Waals surface area contributed by atoms with E-state index in [9.17, 15) is 28.4 Å². The summed E-state index contributed by atoms with van der Waals surface area (Å²) in [6.45, 7) is 0. The molecule has 0 aliphatic heterocycles. The number of aliphatic imine (C=N–C) groups is 1. The van der Waals surface area contributed by atoms with Crippen molar-refractivity contribution >= 4 is 27.6 Å². The molecule has 0 heterocycles. The largest absolute Gasteiger partial charge is 0.501 e. The zero-order chi connectivity index (χ0) is 13.2. The first-order valence-corrected chi connectivity index (χ1v) is 5.28. The van der Waals surface area contributed by atoms with Gasteiger partial charge in [0, 0.05) is 6.07 Å². The van der Waals surface area contributed by atoms with E-state index in [-0.39, 0.29) is 0 Å². The van der Waals surface area contributed by atoms with E-state index in [1.54, 1.807) is 0 Å². The number of hydrogen-bond acceptors (Lipinski definition) is 7. The quantitative estimate of drug-likeness (QED) is 0.264. The molecule has 0 atom stereocenters. The lowest BCUT2D eigenvalue weighted by molar-refractivity contribution is -0.386. The van der Waals surface area contributed by atoms with Crippen LogP contribution >= 0.6 is 0 Å². The number of rotatable bonds is 3. The Kier molecular flexibility index (Phi) is 3.23. The monoisotopic (exact) mass is 260 g/mol. The van der Waals surface area contributed by atoms with Crippen LogP contribution in [0.15, 0.2) is 22.0 Å². The van der Waals surface area contributed by atoms with Gasteiger partial charge in [0.1, 0.15) is 10.6 Å². The van der Waals surface area contributed by atoms with Gasteiger partial charge in [0.05, 0.1) is 4.92 Å². The third-order valence-electron chi connectivity index (χ3n) is 1.70. The van der Waals surface area contributed by atoms with E-state index >= 15 is 0 Å². The predicted molar refractivity (Wildman–Crippen MR) is 52.4 cm³/mol. The van der Waals surface area contributed by atoms with Crippen molar-refractivity contribution in [1.82, 2.24) is 0 Å². The molecule has 1 aromatic rings. The van der Waals surface area contributed by atoms with E-state index in [0.717, 1.165) is 6.08 Å². The number of nitrogens with zero attached hydrogens (tertiary/aromatic N) is 2. The maximum atomic E-state index is 10.8. The van der Waals surface area contributed by atoms with Gasteiger partial charge < -0.3 is 5.11 Å². The topological polar surface area (TPSA) is 147 Å². The van der Waals surface area contributed by atoms with Crippen molar-refractivity contribution in [3.05, 3.63) is 22.2 Å². The molecule has 1 rings (SSSR count). The van der Waals surface area contributed by atoms with E-state index < -0.39 is 37.1 Å². The summed E-state index contributed by atoms with van der Waals surface area (Å²) >= 11 is 0. The first kappa shape index (κ1) is 12.8. The predicted octanol–water partition coefficient (Wildman–Crippen LogP) is 0.514. The molecular weight excluding hydrogens is 256 g/mol. The highest BCUT2D eigenvalue weighted by Crippen LogP contribution is 2.38. The fourth-order valence-corrected chi connectivity index (χ4v) is 1.52. The van der Waals surface area contributed by atoms with E-state index in [0.29, 0.717) is 12.1 Å². The van der Waals surface area contributed by atoms with Crippen molar-refractivity contribution in [1.29, 1.82) is 0 Å². The van der Waals surface area contributed by atoms with E-state index in [4.69, 9.17) is 4.55 Å². The Labute approximate surface area is 93.9 Å². The Morgan fingerprint density at radius 3 is 2.41 bits per heavy atom. The molecule has 90 valence electrons. The number of carbonyl (C=O) groups excluding carboxylic acids is 1. The number of nitro groups is 1. The number of hydrogen-bond donors (Lipinski definition) is 2. The molecule has 10 heteroatoms. The van der Waals surface area contributed by atoms with Crippen LogP contribution in [-0.2, 0) is 14.9 Å². The summed E-state index contributed by atoms with van der Waals surface area (Å²) in [4.78, 5) is 21.4. The smallest absolute Gasteiger partial charge is 0.314 e. The highest BCUT2D eigenvalue weighted by atomic mass is 32.2. The second-order valence-corrected chi connectivity index (χ2v) is 4.17. The molecule has 9 nitrogen and oxygen atoms in total. The summed E-state index contributed by atoms with van der Waals surface area (Å²) in [6, 6.07) is 1.04. The van der Waals surface area contributed by atoms with Crippen LogP contribution in [0.4, 0.5) is 11.4 Å². The number of nitro benzene ring substituents is 1. The van der Waals surface area contributed by atoms with Gasteiger partial charge in [-0.3, -0.25) is 14.7 Å². The summed E-state index contributed by atoms with van der Waals surface area (Å²) in [5.74, 6) is -0.995. The summed E-state index contributed by atoms with van der Waals surface area (Å²) < 4.78 is 30.3. The summed E-state index contributed by atoms with van der Waals surface area (Å²) in [5, 5.41) is 19.8. The maximum Gasteiger partial charge on any atom is 0.314 e. The van der Waals surface area contributed by atoms with Crippen molar-refractivity contribution in [2.24, 2.45) is 4.99 Å². The molecule has 17 heavy (non-hydrogen) atoms. The van der Waals surface area contributed by atoms with Crippen molar-refractivity contribution in [3.8, 4) is 5.75 Å². The van der Waals surface area contributed by atoms with Gasteiger partial charge >= 0.3 is 5.69 Å². The van der Waals surface area contributed by atoms with Gasteiger partial charge in [-0.25, -0.2) is 4.79 Å². The second-order valence-electron chi connectivity index (χ2n) is 2.75. The van der Waals surface area contributed by atoms with Crippen molar-refractivity contribution in [2.75, 3.05) is 0 Å². The van der Waals surface area contributed by atoms with Gasteiger partial charge in [0.15, 0.2) is 0 Å². The SMILES string of the molecule is O=C=Nc1cc(S(=O)(=O)O)cc([N+](=O)[O-])c1O. The first-order chi connectivity index (χ1) is 7.77.